The monoisotopic (exact) mass is 399 g/mol. The van der Waals surface area contributed by atoms with Crippen LogP contribution in [0.5, 0.6) is 0 Å². The molecule has 3 amide bonds. The van der Waals surface area contributed by atoms with E-state index in [2.05, 4.69) is 22.9 Å². The molecule has 0 aliphatic rings. The Bertz CT molecular complexity index is 447. The fraction of sp³-hybridized carbons (Fsp3) is 0.857. The van der Waals surface area contributed by atoms with Crippen molar-refractivity contribution < 1.29 is 19.1 Å². The summed E-state index contributed by atoms with van der Waals surface area (Å²) in [6.45, 7) is 7.77. The fourth-order valence-corrected chi connectivity index (χ4v) is 2.61. The highest BCUT2D eigenvalue weighted by Crippen LogP contribution is 2.10. The minimum absolute atomic E-state index is 0.0907. The summed E-state index contributed by atoms with van der Waals surface area (Å²) in [5.74, 6) is -0.651. The highest BCUT2D eigenvalue weighted by Gasteiger charge is 2.16. The third-order valence-corrected chi connectivity index (χ3v) is 4.09. The van der Waals surface area contributed by atoms with Crippen LogP contribution < -0.4 is 16.0 Å². The van der Waals surface area contributed by atoms with Crippen LogP contribution in [-0.4, -0.2) is 43.1 Å². The van der Waals surface area contributed by atoms with Gasteiger partial charge in [0.1, 0.15) is 12.1 Å². The van der Waals surface area contributed by atoms with Crippen LogP contribution in [0.25, 0.3) is 0 Å². The molecule has 3 N–H and O–H groups in total. The zero-order chi connectivity index (χ0) is 21.3. The summed E-state index contributed by atoms with van der Waals surface area (Å²) in [5, 5.41) is 7.61. The third kappa shape index (κ3) is 19.0. The van der Waals surface area contributed by atoms with Crippen molar-refractivity contribution in [3.8, 4) is 0 Å². The highest BCUT2D eigenvalue weighted by atomic mass is 16.6. The van der Waals surface area contributed by atoms with Crippen molar-refractivity contribution in [1.82, 2.24) is 16.0 Å². The van der Waals surface area contributed by atoms with Gasteiger partial charge in [-0.2, -0.15) is 0 Å². The van der Waals surface area contributed by atoms with E-state index in [1.807, 2.05) is 0 Å². The topological polar surface area (TPSA) is 96.5 Å². The first-order valence-electron chi connectivity index (χ1n) is 10.7. The fourth-order valence-electron chi connectivity index (χ4n) is 2.61. The van der Waals surface area contributed by atoms with Crippen LogP contribution >= 0.6 is 0 Å². The molecule has 0 aliphatic carbocycles. The predicted octanol–water partition coefficient (Wildman–Crippen LogP) is 3.66. The largest absolute Gasteiger partial charge is 0.444 e. The Labute approximate surface area is 170 Å². The Morgan fingerprint density at radius 1 is 0.679 bits per heavy atom. The first kappa shape index (κ1) is 26.2. The SMILES string of the molecule is CCCCCCCCCCCCNC(=O)CNC(=O)CNC(=O)OC(C)(C)C. The Balaban J connectivity index is 3.50. The van der Waals surface area contributed by atoms with E-state index in [-0.39, 0.29) is 19.0 Å². The van der Waals surface area contributed by atoms with Gasteiger partial charge in [0.15, 0.2) is 0 Å². The van der Waals surface area contributed by atoms with Crippen LogP contribution in [0.15, 0.2) is 0 Å². The van der Waals surface area contributed by atoms with Crippen LogP contribution in [0.3, 0.4) is 0 Å². The van der Waals surface area contributed by atoms with Crippen LogP contribution in [-0.2, 0) is 14.3 Å². The van der Waals surface area contributed by atoms with Gasteiger partial charge in [-0.05, 0) is 27.2 Å². The lowest BCUT2D eigenvalue weighted by Crippen LogP contribution is -2.43. The molecule has 7 nitrogen and oxygen atoms in total. The molecule has 0 spiro atoms. The van der Waals surface area contributed by atoms with Gasteiger partial charge in [0.2, 0.25) is 11.8 Å². The minimum atomic E-state index is -0.659. The lowest BCUT2D eigenvalue weighted by atomic mass is 10.1. The molecule has 0 atom stereocenters. The van der Waals surface area contributed by atoms with Gasteiger partial charge in [0.05, 0.1) is 6.54 Å². The number of hydrogen-bond acceptors (Lipinski definition) is 4. The normalized spacial score (nSPS) is 11.0. The standard InChI is InChI=1S/C21H41N3O4/c1-5-6-7-8-9-10-11-12-13-14-15-22-18(25)16-23-19(26)17-24-20(27)28-21(2,3)4/h5-17H2,1-4H3,(H,22,25)(H,23,26)(H,24,27). The van der Waals surface area contributed by atoms with E-state index in [0.717, 1.165) is 12.8 Å². The molecule has 0 aromatic carbocycles. The van der Waals surface area contributed by atoms with Crippen molar-refractivity contribution in [2.75, 3.05) is 19.6 Å². The van der Waals surface area contributed by atoms with Crippen molar-refractivity contribution in [1.29, 1.82) is 0 Å². The quantitative estimate of drug-likeness (QED) is 0.366. The van der Waals surface area contributed by atoms with Gasteiger partial charge in [-0.1, -0.05) is 64.7 Å². The van der Waals surface area contributed by atoms with Crippen molar-refractivity contribution in [3.63, 3.8) is 0 Å². The Morgan fingerprint density at radius 3 is 1.68 bits per heavy atom. The van der Waals surface area contributed by atoms with Gasteiger partial charge in [-0.15, -0.1) is 0 Å². The second-order valence-electron chi connectivity index (χ2n) is 8.16. The van der Waals surface area contributed by atoms with Gasteiger partial charge in [0.25, 0.3) is 0 Å². The Hall–Kier alpha value is -1.79. The summed E-state index contributed by atoms with van der Waals surface area (Å²) in [5.41, 5.74) is -0.616. The number of alkyl carbamates (subject to hydrolysis) is 1. The van der Waals surface area contributed by atoms with E-state index >= 15 is 0 Å². The molecule has 7 heteroatoms. The van der Waals surface area contributed by atoms with E-state index in [9.17, 15) is 14.4 Å². The number of hydrogen-bond donors (Lipinski definition) is 3. The molecule has 0 unspecified atom stereocenters. The zero-order valence-electron chi connectivity index (χ0n) is 18.3. The second-order valence-corrected chi connectivity index (χ2v) is 8.16. The molecule has 164 valence electrons. The van der Waals surface area contributed by atoms with Crippen molar-refractivity contribution in [2.24, 2.45) is 0 Å². The number of ether oxygens (including phenoxy) is 1. The summed E-state index contributed by atoms with van der Waals surface area (Å²) in [6.07, 6.45) is 11.9. The third-order valence-electron chi connectivity index (χ3n) is 4.09. The molecule has 0 rings (SSSR count). The van der Waals surface area contributed by atoms with Gasteiger partial charge in [-0.25, -0.2) is 4.79 Å². The van der Waals surface area contributed by atoms with Crippen LogP contribution in [0.4, 0.5) is 4.79 Å². The molecule has 0 bridgehead atoms. The average molecular weight is 400 g/mol. The van der Waals surface area contributed by atoms with Crippen molar-refractivity contribution in [2.45, 2.75) is 97.5 Å². The van der Waals surface area contributed by atoms with Gasteiger partial charge in [-0.3, -0.25) is 9.59 Å². The summed E-state index contributed by atoms with van der Waals surface area (Å²) >= 11 is 0. The molecule has 0 aliphatic heterocycles. The molecular formula is C21H41N3O4. The highest BCUT2D eigenvalue weighted by molar-refractivity contribution is 5.87. The van der Waals surface area contributed by atoms with E-state index in [4.69, 9.17) is 4.74 Å². The predicted molar refractivity (Wildman–Crippen MR) is 112 cm³/mol. The maximum absolute atomic E-state index is 11.7. The van der Waals surface area contributed by atoms with E-state index in [1.165, 1.54) is 51.4 Å². The second kappa shape index (κ2) is 16.2. The summed E-state index contributed by atoms with van der Waals surface area (Å²) < 4.78 is 5.03. The van der Waals surface area contributed by atoms with Crippen molar-refractivity contribution >= 4 is 17.9 Å². The minimum Gasteiger partial charge on any atom is -0.444 e. The number of carbonyl (C=O) groups is 3. The maximum atomic E-state index is 11.7. The lowest BCUT2D eigenvalue weighted by molar-refractivity contribution is -0.125. The number of amides is 3. The van der Waals surface area contributed by atoms with Gasteiger partial charge in [0, 0.05) is 6.54 Å². The number of rotatable bonds is 15. The number of carbonyl (C=O) groups excluding carboxylic acids is 3. The smallest absolute Gasteiger partial charge is 0.408 e. The van der Waals surface area contributed by atoms with Crippen molar-refractivity contribution in [3.05, 3.63) is 0 Å². The molecule has 0 heterocycles. The van der Waals surface area contributed by atoms with Crippen LogP contribution in [0.2, 0.25) is 0 Å². The maximum Gasteiger partial charge on any atom is 0.408 e. The Kier molecular flexibility index (Phi) is 15.2. The van der Waals surface area contributed by atoms with Gasteiger partial charge < -0.3 is 20.7 Å². The van der Waals surface area contributed by atoms with E-state index in [1.54, 1.807) is 20.8 Å². The van der Waals surface area contributed by atoms with Crippen LogP contribution in [0.1, 0.15) is 91.9 Å². The number of unbranched alkanes of at least 4 members (excludes halogenated alkanes) is 9. The van der Waals surface area contributed by atoms with E-state index < -0.39 is 17.6 Å². The summed E-state index contributed by atoms with van der Waals surface area (Å²) in [7, 11) is 0. The average Bonchev–Trinajstić information content (AvgIpc) is 2.61. The molecular weight excluding hydrogens is 358 g/mol. The molecule has 0 saturated heterocycles. The number of nitrogens with one attached hydrogen (secondary N) is 3. The molecule has 0 aromatic heterocycles. The molecule has 0 radical (unpaired) electrons. The summed E-state index contributed by atoms with van der Waals surface area (Å²) in [4.78, 5) is 34.7. The summed E-state index contributed by atoms with van der Waals surface area (Å²) in [6, 6.07) is 0. The zero-order valence-corrected chi connectivity index (χ0v) is 18.3. The lowest BCUT2D eigenvalue weighted by Gasteiger charge is -2.19. The Morgan fingerprint density at radius 2 is 1.14 bits per heavy atom. The first-order chi connectivity index (χ1) is 13.2. The molecule has 0 saturated carbocycles. The molecule has 0 fully saturated rings. The first-order valence-corrected chi connectivity index (χ1v) is 10.7. The van der Waals surface area contributed by atoms with E-state index in [0.29, 0.717) is 6.54 Å². The van der Waals surface area contributed by atoms with Crippen LogP contribution in [0, 0.1) is 0 Å². The molecule has 28 heavy (non-hydrogen) atoms. The molecule has 0 aromatic rings. The van der Waals surface area contributed by atoms with Gasteiger partial charge >= 0.3 is 6.09 Å².